The fourth-order valence-corrected chi connectivity index (χ4v) is 3.25. The van der Waals surface area contributed by atoms with Crippen molar-refractivity contribution in [3.05, 3.63) is 48.0 Å². The van der Waals surface area contributed by atoms with Crippen LogP contribution < -0.4 is 0 Å². The minimum Gasteiger partial charge on any atom is -0.481 e. The van der Waals surface area contributed by atoms with E-state index >= 15 is 0 Å². The van der Waals surface area contributed by atoms with Crippen LogP contribution in [0.3, 0.4) is 0 Å². The molecule has 1 fully saturated rings. The molecule has 1 aliphatic rings. The summed E-state index contributed by atoms with van der Waals surface area (Å²) in [5.41, 5.74) is -0.282. The van der Waals surface area contributed by atoms with E-state index in [1.54, 1.807) is 0 Å². The molecule has 0 saturated heterocycles. The largest absolute Gasteiger partial charge is 0.481 e. The van der Waals surface area contributed by atoms with E-state index in [9.17, 15) is 19.8 Å². The van der Waals surface area contributed by atoms with E-state index in [0.29, 0.717) is 12.8 Å². The van der Waals surface area contributed by atoms with Crippen molar-refractivity contribution in [1.29, 1.82) is 0 Å². The van der Waals surface area contributed by atoms with Crippen molar-refractivity contribution in [2.45, 2.75) is 19.3 Å². The van der Waals surface area contributed by atoms with Gasteiger partial charge in [0.2, 0.25) is 0 Å². The lowest BCUT2D eigenvalue weighted by molar-refractivity contribution is -0.173. The van der Waals surface area contributed by atoms with Crippen LogP contribution in [0, 0.1) is 11.3 Å². The molecule has 0 unspecified atom stereocenters. The lowest BCUT2D eigenvalue weighted by atomic mass is 9.57. The maximum atomic E-state index is 11.6. The van der Waals surface area contributed by atoms with Gasteiger partial charge in [-0.3, -0.25) is 9.59 Å². The molecule has 3 rings (SSSR count). The van der Waals surface area contributed by atoms with Crippen molar-refractivity contribution in [2.24, 2.45) is 11.3 Å². The highest BCUT2D eigenvalue weighted by Crippen LogP contribution is 2.49. The van der Waals surface area contributed by atoms with Gasteiger partial charge in [0.1, 0.15) is 0 Å². The molecule has 0 spiro atoms. The van der Waals surface area contributed by atoms with E-state index in [0.717, 1.165) is 16.3 Å². The van der Waals surface area contributed by atoms with Crippen molar-refractivity contribution in [1.82, 2.24) is 0 Å². The van der Waals surface area contributed by atoms with E-state index < -0.39 is 23.3 Å². The van der Waals surface area contributed by atoms with Crippen molar-refractivity contribution in [2.75, 3.05) is 0 Å². The minimum atomic E-state index is -1.16. The monoisotopic (exact) mass is 284 g/mol. The number of fused-ring (bicyclic) bond motifs is 1. The van der Waals surface area contributed by atoms with E-state index in [1.807, 2.05) is 42.5 Å². The summed E-state index contributed by atoms with van der Waals surface area (Å²) in [5.74, 6) is -2.81. The van der Waals surface area contributed by atoms with Crippen molar-refractivity contribution in [3.63, 3.8) is 0 Å². The van der Waals surface area contributed by atoms with Crippen LogP contribution in [0.15, 0.2) is 42.5 Å². The van der Waals surface area contributed by atoms with Gasteiger partial charge in [-0.1, -0.05) is 42.5 Å². The Balaban J connectivity index is 1.95. The summed E-state index contributed by atoms with van der Waals surface area (Å²) in [6, 6.07) is 13.7. The molecule has 2 atom stereocenters. The molecule has 0 aromatic heterocycles. The van der Waals surface area contributed by atoms with Gasteiger partial charge in [0.25, 0.3) is 0 Å². The Kier molecular flexibility index (Phi) is 3.16. The van der Waals surface area contributed by atoms with Crippen molar-refractivity contribution in [3.8, 4) is 0 Å². The van der Waals surface area contributed by atoms with Gasteiger partial charge in [-0.05, 0) is 35.6 Å². The fraction of sp³-hybridized carbons (Fsp3) is 0.294. The van der Waals surface area contributed by atoms with Gasteiger partial charge < -0.3 is 10.2 Å². The molecule has 21 heavy (non-hydrogen) atoms. The van der Waals surface area contributed by atoms with Crippen LogP contribution in [-0.4, -0.2) is 22.2 Å². The number of hydrogen-bond donors (Lipinski definition) is 2. The smallest absolute Gasteiger partial charge is 0.310 e. The number of rotatable bonds is 4. The second-order valence-corrected chi connectivity index (χ2v) is 5.75. The molecule has 0 bridgehead atoms. The Morgan fingerprint density at radius 2 is 1.81 bits per heavy atom. The number of aliphatic carboxylic acids is 2. The third-order valence-corrected chi connectivity index (χ3v) is 4.60. The zero-order chi connectivity index (χ0) is 15.0. The maximum Gasteiger partial charge on any atom is 0.310 e. The number of carbonyl (C=O) groups is 2. The second-order valence-electron chi connectivity index (χ2n) is 5.75. The Morgan fingerprint density at radius 3 is 2.38 bits per heavy atom. The maximum absolute atomic E-state index is 11.6. The minimum absolute atomic E-state index is 0.268. The lowest BCUT2D eigenvalue weighted by Gasteiger charge is -2.43. The zero-order valence-electron chi connectivity index (χ0n) is 11.5. The topological polar surface area (TPSA) is 74.6 Å². The summed E-state index contributed by atoms with van der Waals surface area (Å²) < 4.78 is 0. The van der Waals surface area contributed by atoms with Crippen LogP contribution in [0.2, 0.25) is 0 Å². The first-order chi connectivity index (χ1) is 10.0. The summed E-state index contributed by atoms with van der Waals surface area (Å²) >= 11 is 0. The van der Waals surface area contributed by atoms with E-state index in [2.05, 4.69) is 0 Å². The first-order valence-electron chi connectivity index (χ1n) is 6.97. The fourth-order valence-electron chi connectivity index (χ4n) is 3.25. The first kappa shape index (κ1) is 13.6. The van der Waals surface area contributed by atoms with Gasteiger partial charge in [-0.25, -0.2) is 0 Å². The van der Waals surface area contributed by atoms with Crippen LogP contribution in [-0.2, 0) is 16.0 Å². The number of hydrogen-bond acceptors (Lipinski definition) is 2. The van der Waals surface area contributed by atoms with Crippen LogP contribution in [0.1, 0.15) is 18.4 Å². The third-order valence-electron chi connectivity index (χ3n) is 4.60. The van der Waals surface area contributed by atoms with Gasteiger partial charge in [0.15, 0.2) is 0 Å². The van der Waals surface area contributed by atoms with Crippen molar-refractivity contribution >= 4 is 22.7 Å². The second kappa shape index (κ2) is 4.88. The highest BCUT2D eigenvalue weighted by atomic mass is 16.4. The predicted octanol–water partition coefficient (Wildman–Crippen LogP) is 2.95. The Labute approximate surface area is 122 Å². The number of benzene rings is 2. The Bertz CT molecular complexity index is 722. The summed E-state index contributed by atoms with van der Waals surface area (Å²) in [4.78, 5) is 22.9. The van der Waals surface area contributed by atoms with E-state index in [-0.39, 0.29) is 6.42 Å². The molecule has 2 N–H and O–H groups in total. The number of carboxylic acids is 2. The molecule has 0 radical (unpaired) electrons. The molecular formula is C17H16O4. The molecule has 0 aliphatic heterocycles. The van der Waals surface area contributed by atoms with E-state index in [1.165, 1.54) is 0 Å². The zero-order valence-corrected chi connectivity index (χ0v) is 11.5. The van der Waals surface area contributed by atoms with Gasteiger partial charge in [0, 0.05) is 0 Å². The third kappa shape index (κ3) is 2.17. The molecule has 1 saturated carbocycles. The molecule has 0 amide bonds. The average molecular weight is 284 g/mol. The summed E-state index contributed by atoms with van der Waals surface area (Å²) in [6.07, 6.45) is 1.13. The van der Waals surface area contributed by atoms with Crippen molar-refractivity contribution < 1.29 is 19.8 Å². The molecule has 1 aliphatic carbocycles. The highest BCUT2D eigenvalue weighted by molar-refractivity contribution is 5.87. The van der Waals surface area contributed by atoms with Crippen LogP contribution in [0.5, 0.6) is 0 Å². The van der Waals surface area contributed by atoms with Gasteiger partial charge in [-0.2, -0.15) is 0 Å². The van der Waals surface area contributed by atoms with Crippen LogP contribution in [0.25, 0.3) is 10.8 Å². The number of carboxylic acid groups (broad SMARTS) is 2. The summed E-state index contributed by atoms with van der Waals surface area (Å²) in [7, 11) is 0. The molecular weight excluding hydrogens is 268 g/mol. The highest BCUT2D eigenvalue weighted by Gasteiger charge is 2.56. The van der Waals surface area contributed by atoms with Gasteiger partial charge in [-0.15, -0.1) is 0 Å². The molecule has 0 heterocycles. The van der Waals surface area contributed by atoms with Crippen LogP contribution >= 0.6 is 0 Å². The molecule has 108 valence electrons. The predicted molar refractivity (Wildman–Crippen MR) is 78.1 cm³/mol. The SMILES string of the molecule is O=C(O)[C@H]1CC[C@@]1(Cc1ccc2ccccc2c1)C(=O)O. The standard InChI is InChI=1S/C17H16O4/c18-15(19)14-7-8-17(14,16(20)21)10-11-5-6-12-3-1-2-4-13(12)9-11/h1-6,9,14H,7-8,10H2,(H,18,19)(H,20,21)/t14-,17+/m1/s1. The molecule has 2 aromatic rings. The quantitative estimate of drug-likeness (QED) is 0.905. The van der Waals surface area contributed by atoms with E-state index in [4.69, 9.17) is 0 Å². The van der Waals surface area contributed by atoms with Gasteiger partial charge >= 0.3 is 11.9 Å². The van der Waals surface area contributed by atoms with Crippen LogP contribution in [0.4, 0.5) is 0 Å². The molecule has 2 aromatic carbocycles. The first-order valence-corrected chi connectivity index (χ1v) is 6.97. The molecule has 4 nitrogen and oxygen atoms in total. The summed E-state index contributed by atoms with van der Waals surface area (Å²) in [6.45, 7) is 0. The Hall–Kier alpha value is -2.36. The average Bonchev–Trinajstić information content (AvgIpc) is 2.42. The lowest BCUT2D eigenvalue weighted by Crippen LogP contribution is -2.51. The molecule has 4 heteroatoms. The van der Waals surface area contributed by atoms with Gasteiger partial charge in [0.05, 0.1) is 11.3 Å². The summed E-state index contributed by atoms with van der Waals surface area (Å²) in [5, 5.41) is 20.9. The normalized spacial score (nSPS) is 24.5. The Morgan fingerprint density at radius 1 is 1.10 bits per heavy atom.